The van der Waals surface area contributed by atoms with Crippen LogP contribution in [-0.4, -0.2) is 64.7 Å². The van der Waals surface area contributed by atoms with Gasteiger partial charge in [0.1, 0.15) is 0 Å². The number of hydrogen-bond donors (Lipinski definition) is 0. The van der Waals surface area contributed by atoms with Crippen molar-refractivity contribution < 1.29 is 13.2 Å². The first-order valence-corrected chi connectivity index (χ1v) is 13.3. The lowest BCUT2D eigenvalue weighted by atomic mass is 10.0. The van der Waals surface area contributed by atoms with Gasteiger partial charge in [0, 0.05) is 61.0 Å². The van der Waals surface area contributed by atoms with Gasteiger partial charge in [-0.05, 0) is 66.1 Å². The molecule has 3 heterocycles. The van der Waals surface area contributed by atoms with E-state index in [0.717, 1.165) is 33.2 Å². The molecule has 1 aliphatic heterocycles. The second kappa shape index (κ2) is 9.57. The molecule has 2 aromatic heterocycles. The zero-order chi connectivity index (χ0) is 25.4. The van der Waals surface area contributed by atoms with E-state index in [9.17, 15) is 13.2 Å². The van der Waals surface area contributed by atoms with Crippen molar-refractivity contribution in [2.24, 2.45) is 0 Å². The van der Waals surface area contributed by atoms with E-state index in [1.54, 1.807) is 59.9 Å². The van der Waals surface area contributed by atoms with Crippen LogP contribution >= 0.6 is 11.6 Å². The molecule has 0 radical (unpaired) electrons. The van der Waals surface area contributed by atoms with Crippen LogP contribution in [0.3, 0.4) is 0 Å². The van der Waals surface area contributed by atoms with E-state index >= 15 is 0 Å². The summed E-state index contributed by atoms with van der Waals surface area (Å²) in [4.78, 5) is 27.6. The topological polar surface area (TPSA) is 96.4 Å². The largest absolute Gasteiger partial charge is 0.333 e. The van der Waals surface area contributed by atoms with Crippen LogP contribution in [0.15, 0.2) is 66.0 Å². The normalized spacial score (nSPS) is 14.8. The van der Waals surface area contributed by atoms with Crippen molar-refractivity contribution in [3.8, 4) is 11.1 Å². The Morgan fingerprint density at radius 2 is 1.53 bits per heavy atom. The fourth-order valence-corrected chi connectivity index (χ4v) is 5.93. The first kappa shape index (κ1) is 24.3. The maximum Gasteiger partial charge on any atom is 0.291 e. The van der Waals surface area contributed by atoms with E-state index in [2.05, 4.69) is 15.0 Å². The molecule has 4 aromatic rings. The fraction of sp³-hybridized carbons (Fsp3) is 0.231. The molecule has 5 rings (SSSR count). The van der Waals surface area contributed by atoms with Crippen LogP contribution in [0.1, 0.15) is 21.9 Å². The third-order valence-corrected chi connectivity index (χ3v) is 8.46. The zero-order valence-electron chi connectivity index (χ0n) is 19.8. The predicted octanol–water partition coefficient (Wildman–Crippen LogP) is 4.11. The monoisotopic (exact) mass is 521 g/mol. The number of pyridine rings is 1. The van der Waals surface area contributed by atoms with Crippen LogP contribution in [-0.2, 0) is 10.0 Å². The summed E-state index contributed by atoms with van der Waals surface area (Å²) in [5.41, 5.74) is 3.66. The van der Waals surface area contributed by atoms with Crippen molar-refractivity contribution in [2.45, 2.75) is 18.7 Å². The van der Waals surface area contributed by atoms with Gasteiger partial charge in [0.2, 0.25) is 15.8 Å². The van der Waals surface area contributed by atoms with Crippen molar-refractivity contribution in [3.63, 3.8) is 0 Å². The van der Waals surface area contributed by atoms with Crippen LogP contribution < -0.4 is 0 Å². The standard InChI is InChI=1S/C26H24ClN5O3S/c1-17-14-28-18(2)11-24(17)21-15-29-25(30-16-21)26(33)31-7-9-32(10-8-31)36(34,35)23-6-4-19-12-22(27)5-3-20(19)13-23/h3-6,11-16H,7-10H2,1-2H3. The van der Waals surface area contributed by atoms with Crippen LogP contribution in [0.25, 0.3) is 21.9 Å². The molecule has 1 fully saturated rings. The van der Waals surface area contributed by atoms with Crippen LogP contribution in [0.5, 0.6) is 0 Å². The van der Waals surface area contributed by atoms with Crippen molar-refractivity contribution >= 4 is 38.3 Å². The number of carbonyl (C=O) groups is 1. The summed E-state index contributed by atoms with van der Waals surface area (Å²) in [7, 11) is -3.70. The minimum absolute atomic E-state index is 0.0895. The number of aromatic nitrogens is 3. The van der Waals surface area contributed by atoms with E-state index in [1.807, 2.05) is 19.9 Å². The molecular weight excluding hydrogens is 498 g/mol. The molecule has 0 atom stereocenters. The van der Waals surface area contributed by atoms with Gasteiger partial charge in [-0.1, -0.05) is 23.7 Å². The van der Waals surface area contributed by atoms with Gasteiger partial charge >= 0.3 is 0 Å². The number of piperazine rings is 1. The summed E-state index contributed by atoms with van der Waals surface area (Å²) < 4.78 is 27.9. The lowest BCUT2D eigenvalue weighted by molar-refractivity contribution is 0.0685. The molecular formula is C26H24ClN5O3S. The Bertz CT molecular complexity index is 1570. The highest BCUT2D eigenvalue weighted by atomic mass is 35.5. The van der Waals surface area contributed by atoms with E-state index in [4.69, 9.17) is 11.6 Å². The molecule has 0 bridgehead atoms. The van der Waals surface area contributed by atoms with Gasteiger partial charge in [-0.2, -0.15) is 4.31 Å². The maximum atomic E-state index is 13.2. The molecule has 0 N–H and O–H groups in total. The third-order valence-electron chi connectivity index (χ3n) is 6.33. The van der Waals surface area contributed by atoms with E-state index in [0.29, 0.717) is 5.02 Å². The average molecular weight is 522 g/mol. The smallest absolute Gasteiger partial charge is 0.291 e. The van der Waals surface area contributed by atoms with E-state index < -0.39 is 10.0 Å². The second-order valence-corrected chi connectivity index (χ2v) is 11.2. The van der Waals surface area contributed by atoms with E-state index in [1.165, 1.54) is 4.31 Å². The zero-order valence-corrected chi connectivity index (χ0v) is 21.4. The number of halogens is 1. The SMILES string of the molecule is Cc1cc(-c2cnc(C(=O)N3CCN(S(=O)(=O)c4ccc5cc(Cl)ccc5c4)CC3)nc2)c(C)cn1. The highest BCUT2D eigenvalue weighted by Crippen LogP contribution is 2.26. The highest BCUT2D eigenvalue weighted by Gasteiger charge is 2.31. The number of amides is 1. The Hall–Kier alpha value is -3.40. The van der Waals surface area contributed by atoms with Crippen LogP contribution in [0, 0.1) is 13.8 Å². The maximum absolute atomic E-state index is 13.2. The summed E-state index contributed by atoms with van der Waals surface area (Å²) in [6.45, 7) is 4.78. The molecule has 184 valence electrons. The number of fused-ring (bicyclic) bond motifs is 1. The lowest BCUT2D eigenvalue weighted by Gasteiger charge is -2.33. The Balaban J connectivity index is 1.27. The van der Waals surface area contributed by atoms with Gasteiger partial charge in [-0.25, -0.2) is 18.4 Å². The van der Waals surface area contributed by atoms with Gasteiger partial charge in [-0.15, -0.1) is 0 Å². The molecule has 1 aliphatic rings. The number of nitrogens with zero attached hydrogens (tertiary/aromatic N) is 5. The molecule has 0 saturated carbocycles. The van der Waals surface area contributed by atoms with Crippen molar-refractivity contribution in [1.29, 1.82) is 0 Å². The Morgan fingerprint density at radius 3 is 2.25 bits per heavy atom. The van der Waals surface area contributed by atoms with Gasteiger partial charge in [0.15, 0.2) is 0 Å². The number of hydrogen-bond acceptors (Lipinski definition) is 6. The number of carbonyl (C=O) groups excluding carboxylic acids is 1. The highest BCUT2D eigenvalue weighted by molar-refractivity contribution is 7.89. The summed E-state index contributed by atoms with van der Waals surface area (Å²) in [5, 5.41) is 2.27. The average Bonchev–Trinajstić information content (AvgIpc) is 2.89. The molecule has 0 aliphatic carbocycles. The molecule has 0 unspecified atom stereocenters. The summed E-state index contributed by atoms with van der Waals surface area (Å²) in [6, 6.07) is 12.3. The molecule has 1 amide bonds. The van der Waals surface area contributed by atoms with Crippen molar-refractivity contribution in [2.75, 3.05) is 26.2 Å². The van der Waals surface area contributed by atoms with Crippen molar-refractivity contribution in [3.05, 3.63) is 83.2 Å². The van der Waals surface area contributed by atoms with Crippen LogP contribution in [0.2, 0.25) is 5.02 Å². The minimum atomic E-state index is -3.70. The first-order chi connectivity index (χ1) is 17.2. The number of rotatable bonds is 4. The fourth-order valence-electron chi connectivity index (χ4n) is 4.29. The number of benzene rings is 2. The van der Waals surface area contributed by atoms with E-state index in [-0.39, 0.29) is 42.8 Å². The van der Waals surface area contributed by atoms with Gasteiger partial charge < -0.3 is 4.90 Å². The molecule has 2 aromatic carbocycles. The van der Waals surface area contributed by atoms with Gasteiger partial charge in [0.25, 0.3) is 5.91 Å². The Kier molecular flexibility index (Phi) is 6.46. The number of sulfonamides is 1. The summed E-state index contributed by atoms with van der Waals surface area (Å²) in [6.07, 6.45) is 5.07. The predicted molar refractivity (Wildman–Crippen MR) is 138 cm³/mol. The van der Waals surface area contributed by atoms with Crippen molar-refractivity contribution in [1.82, 2.24) is 24.2 Å². The second-order valence-electron chi connectivity index (χ2n) is 8.79. The van der Waals surface area contributed by atoms with Gasteiger partial charge in [-0.3, -0.25) is 9.78 Å². The molecule has 0 spiro atoms. The van der Waals surface area contributed by atoms with Crippen LogP contribution in [0.4, 0.5) is 0 Å². The lowest BCUT2D eigenvalue weighted by Crippen LogP contribution is -2.50. The molecule has 10 heteroatoms. The Labute approximate surface area is 214 Å². The molecule has 8 nitrogen and oxygen atoms in total. The van der Waals surface area contributed by atoms with Gasteiger partial charge in [0.05, 0.1) is 4.90 Å². The first-order valence-electron chi connectivity index (χ1n) is 11.5. The third kappa shape index (κ3) is 4.69. The molecule has 1 saturated heterocycles. The molecule has 36 heavy (non-hydrogen) atoms. The quantitative estimate of drug-likeness (QED) is 0.401. The number of aryl methyl sites for hydroxylation is 2. The summed E-state index contributed by atoms with van der Waals surface area (Å²) >= 11 is 6.03. The summed E-state index contributed by atoms with van der Waals surface area (Å²) in [5.74, 6) is -0.226. The minimum Gasteiger partial charge on any atom is -0.333 e. The Morgan fingerprint density at radius 1 is 0.861 bits per heavy atom.